The first-order chi connectivity index (χ1) is 16.5. The highest BCUT2D eigenvalue weighted by molar-refractivity contribution is 6.30. The molecule has 1 saturated carbocycles. The number of nitrogens with one attached hydrogen (secondary N) is 2. The maximum atomic E-state index is 13.6. The van der Waals surface area contributed by atoms with E-state index in [4.69, 9.17) is 27.9 Å². The maximum absolute atomic E-state index is 13.6. The number of carbonyl (C=O) groups is 2. The highest BCUT2D eigenvalue weighted by Crippen LogP contribution is 2.34. The molecule has 0 aromatic heterocycles. The first-order valence-corrected chi connectivity index (χ1v) is 13.1. The van der Waals surface area contributed by atoms with E-state index < -0.39 is 17.2 Å². The molecular weight excluding hydrogens is 483 g/mol. The summed E-state index contributed by atoms with van der Waals surface area (Å²) in [6.07, 6.45) is 3.44. The van der Waals surface area contributed by atoms with E-state index in [0.717, 1.165) is 30.4 Å². The minimum absolute atomic E-state index is 0.000408. The van der Waals surface area contributed by atoms with Crippen molar-refractivity contribution in [3.63, 3.8) is 0 Å². The molecule has 1 fully saturated rings. The highest BCUT2D eigenvalue weighted by Gasteiger charge is 2.42. The Hall–Kier alpha value is -2.24. The van der Waals surface area contributed by atoms with Crippen molar-refractivity contribution in [3.8, 4) is 0 Å². The van der Waals surface area contributed by atoms with E-state index >= 15 is 0 Å². The zero-order chi connectivity index (χ0) is 25.6. The molecule has 2 atom stereocenters. The van der Waals surface area contributed by atoms with Crippen LogP contribution in [-0.2, 0) is 9.53 Å². The Kier molecular flexibility index (Phi) is 9.11. The van der Waals surface area contributed by atoms with Crippen LogP contribution in [0.4, 0.5) is 4.79 Å². The third kappa shape index (κ3) is 7.62. The molecule has 0 heterocycles. The van der Waals surface area contributed by atoms with E-state index in [1.54, 1.807) is 0 Å². The number of benzene rings is 2. The number of halogens is 2. The van der Waals surface area contributed by atoms with Crippen molar-refractivity contribution in [2.45, 2.75) is 82.8 Å². The second-order valence-electron chi connectivity index (χ2n) is 10.5. The van der Waals surface area contributed by atoms with Gasteiger partial charge in [0.05, 0.1) is 0 Å². The smallest absolute Gasteiger partial charge is 0.408 e. The van der Waals surface area contributed by atoms with Gasteiger partial charge in [0, 0.05) is 22.5 Å². The summed E-state index contributed by atoms with van der Waals surface area (Å²) in [5, 5.41) is 7.44. The zero-order valence-corrected chi connectivity index (χ0v) is 22.5. The fourth-order valence-corrected chi connectivity index (χ4v) is 4.98. The van der Waals surface area contributed by atoms with Crippen molar-refractivity contribution < 1.29 is 14.3 Å². The molecule has 2 unspecified atom stereocenters. The van der Waals surface area contributed by atoms with Crippen molar-refractivity contribution in [2.24, 2.45) is 0 Å². The molecule has 0 spiro atoms. The number of alkyl carbamates (subject to hydrolysis) is 1. The second kappa shape index (κ2) is 11.7. The van der Waals surface area contributed by atoms with Crippen LogP contribution >= 0.6 is 23.2 Å². The van der Waals surface area contributed by atoms with Gasteiger partial charge in [0.15, 0.2) is 0 Å². The van der Waals surface area contributed by atoms with Crippen LogP contribution in [0.1, 0.15) is 82.8 Å². The van der Waals surface area contributed by atoms with Crippen LogP contribution < -0.4 is 10.6 Å². The van der Waals surface area contributed by atoms with Gasteiger partial charge in [-0.25, -0.2) is 4.79 Å². The predicted octanol–water partition coefficient (Wildman–Crippen LogP) is 7.22. The van der Waals surface area contributed by atoms with Gasteiger partial charge < -0.3 is 15.4 Å². The molecule has 1 aliphatic rings. The van der Waals surface area contributed by atoms with Crippen LogP contribution in [0.25, 0.3) is 0 Å². The molecule has 0 bridgehead atoms. The Bertz CT molecular complexity index is 994. The Morgan fingerprint density at radius 3 is 1.94 bits per heavy atom. The van der Waals surface area contributed by atoms with E-state index in [0.29, 0.717) is 29.4 Å². The van der Waals surface area contributed by atoms with Gasteiger partial charge in [0.1, 0.15) is 11.1 Å². The van der Waals surface area contributed by atoms with Gasteiger partial charge in [-0.15, -0.1) is 0 Å². The first-order valence-electron chi connectivity index (χ1n) is 12.3. The summed E-state index contributed by atoms with van der Waals surface area (Å²) in [7, 11) is 0. The van der Waals surface area contributed by atoms with Gasteiger partial charge in [-0.1, -0.05) is 73.7 Å². The number of carbonyl (C=O) groups excluding carboxylic acids is 2. The van der Waals surface area contributed by atoms with Gasteiger partial charge in [-0.3, -0.25) is 4.79 Å². The Labute approximate surface area is 218 Å². The topological polar surface area (TPSA) is 67.4 Å². The molecule has 0 radical (unpaired) electrons. The molecular formula is C28H36Cl2N2O3. The summed E-state index contributed by atoms with van der Waals surface area (Å²) >= 11 is 12.2. The van der Waals surface area contributed by atoms with Crippen LogP contribution in [-0.4, -0.2) is 29.7 Å². The maximum Gasteiger partial charge on any atom is 0.408 e. The van der Waals surface area contributed by atoms with Gasteiger partial charge >= 0.3 is 6.09 Å². The van der Waals surface area contributed by atoms with Gasteiger partial charge in [0.2, 0.25) is 5.91 Å². The average Bonchev–Trinajstić information content (AvgIpc) is 2.79. The molecule has 7 heteroatoms. The van der Waals surface area contributed by atoms with E-state index in [-0.39, 0.29) is 17.7 Å². The third-order valence-electron chi connectivity index (χ3n) is 6.66. The number of rotatable bonds is 7. The fourth-order valence-electron chi connectivity index (χ4n) is 4.73. The van der Waals surface area contributed by atoms with Gasteiger partial charge in [-0.05, 0) is 74.9 Å². The predicted molar refractivity (Wildman–Crippen MR) is 142 cm³/mol. The Morgan fingerprint density at radius 2 is 1.43 bits per heavy atom. The molecule has 0 aliphatic heterocycles. The molecule has 2 N–H and O–H groups in total. The van der Waals surface area contributed by atoms with Crippen molar-refractivity contribution in [2.75, 3.05) is 6.54 Å². The quantitative estimate of drug-likeness (QED) is 0.406. The normalized spacial score (nSPS) is 17.2. The van der Waals surface area contributed by atoms with E-state index in [1.165, 1.54) is 0 Å². The molecule has 3 rings (SSSR count). The molecule has 35 heavy (non-hydrogen) atoms. The standard InChI is InChI=1S/C28H36Cl2N2O3/c1-19(20-8-12-22(29)13-9-20)24(21-10-14-23(30)15-11-21)18-31-25(33)28(16-6-5-7-17-28)32-26(34)35-27(2,3)4/h8-15,19,24H,5-7,16-18H2,1-4H3,(H,31,33)(H,32,34). The van der Waals surface area contributed by atoms with Crippen molar-refractivity contribution in [1.29, 1.82) is 0 Å². The molecule has 1 aliphatic carbocycles. The molecule has 5 nitrogen and oxygen atoms in total. The van der Waals surface area contributed by atoms with Crippen molar-refractivity contribution in [1.82, 2.24) is 10.6 Å². The summed E-state index contributed by atoms with van der Waals surface area (Å²) in [6, 6.07) is 15.5. The van der Waals surface area contributed by atoms with Crippen molar-refractivity contribution in [3.05, 3.63) is 69.7 Å². The Morgan fingerprint density at radius 1 is 0.914 bits per heavy atom. The lowest BCUT2D eigenvalue weighted by Crippen LogP contribution is -2.60. The monoisotopic (exact) mass is 518 g/mol. The summed E-state index contributed by atoms with van der Waals surface area (Å²) in [4.78, 5) is 26.2. The van der Waals surface area contributed by atoms with Crippen LogP contribution in [0.2, 0.25) is 10.0 Å². The fraction of sp³-hybridized carbons (Fsp3) is 0.500. The van der Waals surface area contributed by atoms with Crippen LogP contribution in [0.3, 0.4) is 0 Å². The molecule has 2 aromatic carbocycles. The second-order valence-corrected chi connectivity index (χ2v) is 11.4. The number of ether oxygens (including phenoxy) is 1. The van der Waals surface area contributed by atoms with E-state index in [2.05, 4.69) is 17.6 Å². The molecule has 2 aromatic rings. The lowest BCUT2D eigenvalue weighted by atomic mass is 9.80. The first kappa shape index (κ1) is 27.3. The highest BCUT2D eigenvalue weighted by atomic mass is 35.5. The lowest BCUT2D eigenvalue weighted by Gasteiger charge is -2.37. The largest absolute Gasteiger partial charge is 0.444 e. The minimum atomic E-state index is -0.964. The van der Waals surface area contributed by atoms with Crippen molar-refractivity contribution >= 4 is 35.2 Å². The van der Waals surface area contributed by atoms with E-state index in [1.807, 2.05) is 69.3 Å². The summed E-state index contributed by atoms with van der Waals surface area (Å²) < 4.78 is 5.47. The summed E-state index contributed by atoms with van der Waals surface area (Å²) in [5.41, 5.74) is 0.608. The summed E-state index contributed by atoms with van der Waals surface area (Å²) in [5.74, 6) is -0.0558. The number of amides is 2. The number of hydrogen-bond acceptors (Lipinski definition) is 3. The zero-order valence-electron chi connectivity index (χ0n) is 21.0. The minimum Gasteiger partial charge on any atom is -0.444 e. The molecule has 190 valence electrons. The average molecular weight is 520 g/mol. The Balaban J connectivity index is 1.80. The van der Waals surface area contributed by atoms with E-state index in [9.17, 15) is 9.59 Å². The lowest BCUT2D eigenvalue weighted by molar-refractivity contribution is -0.129. The number of hydrogen-bond donors (Lipinski definition) is 2. The molecule has 0 saturated heterocycles. The van der Waals surface area contributed by atoms with Crippen LogP contribution in [0.5, 0.6) is 0 Å². The van der Waals surface area contributed by atoms with Crippen LogP contribution in [0, 0.1) is 0 Å². The summed E-state index contributed by atoms with van der Waals surface area (Å²) in [6.45, 7) is 8.01. The van der Waals surface area contributed by atoms with Gasteiger partial charge in [0.25, 0.3) is 0 Å². The van der Waals surface area contributed by atoms with Crippen LogP contribution in [0.15, 0.2) is 48.5 Å². The van der Waals surface area contributed by atoms with Gasteiger partial charge in [-0.2, -0.15) is 0 Å². The SMILES string of the molecule is CC(c1ccc(Cl)cc1)C(CNC(=O)C1(NC(=O)OC(C)(C)C)CCCCC1)c1ccc(Cl)cc1. The third-order valence-corrected chi connectivity index (χ3v) is 7.17. The molecule has 2 amide bonds.